The molecule has 3 aromatic rings. The van der Waals surface area contributed by atoms with Gasteiger partial charge in [-0.15, -0.1) is 0 Å². The molecule has 4 nitrogen and oxygen atoms in total. The second kappa shape index (κ2) is 8.61. The minimum atomic E-state index is -1.06. The second-order valence-electron chi connectivity index (χ2n) is 7.86. The monoisotopic (exact) mass is 493 g/mol. The van der Waals surface area contributed by atoms with Crippen LogP contribution < -0.4 is 0 Å². The Balaban J connectivity index is 2.45. The maximum Gasteiger partial charge on any atom is 0.339 e. The molecule has 0 aliphatic rings. The number of fused-ring (bicyclic) bond motifs is 1. The van der Waals surface area contributed by atoms with Gasteiger partial charge in [0.1, 0.15) is 0 Å². The smallest absolute Gasteiger partial charge is 0.339 e. The molecule has 0 radical (unpaired) electrons. The van der Waals surface area contributed by atoms with Crippen molar-refractivity contribution >= 4 is 44.4 Å². The third-order valence-corrected chi connectivity index (χ3v) is 5.56. The van der Waals surface area contributed by atoms with Gasteiger partial charge in [-0.05, 0) is 55.8 Å². The van der Waals surface area contributed by atoms with E-state index in [9.17, 15) is 9.18 Å². The van der Waals surface area contributed by atoms with Gasteiger partial charge in [0.05, 0.1) is 27.7 Å². The third-order valence-electron chi connectivity index (χ3n) is 4.57. The normalized spacial score (nSPS) is 12.8. The van der Waals surface area contributed by atoms with E-state index in [1.54, 1.807) is 19.1 Å². The van der Waals surface area contributed by atoms with Crippen molar-refractivity contribution in [3.63, 3.8) is 0 Å². The standard InChI is InChI=1S/C23H22BrClFNO3/c1-12-17(21(22(28)29-5)30-23(2,3)4)18(13-8-6-7-9-16(13)27-12)14-10-11-15(24)20(26)19(14)25/h6-11,21H,1-5H3/t21-/m0/s1. The van der Waals surface area contributed by atoms with E-state index < -0.39 is 23.5 Å². The molecular formula is C23H22BrClFNO3. The fourth-order valence-electron chi connectivity index (χ4n) is 3.36. The summed E-state index contributed by atoms with van der Waals surface area (Å²) in [5, 5.41) is 0.675. The van der Waals surface area contributed by atoms with Crippen LogP contribution in [0.2, 0.25) is 5.02 Å². The highest BCUT2D eigenvalue weighted by Crippen LogP contribution is 2.43. The summed E-state index contributed by atoms with van der Waals surface area (Å²) in [4.78, 5) is 17.4. The van der Waals surface area contributed by atoms with Crippen LogP contribution in [0.4, 0.5) is 4.39 Å². The summed E-state index contributed by atoms with van der Waals surface area (Å²) in [7, 11) is 1.30. The molecule has 3 rings (SSSR count). The van der Waals surface area contributed by atoms with Gasteiger partial charge in [-0.2, -0.15) is 0 Å². The fourth-order valence-corrected chi connectivity index (χ4v) is 4.07. The van der Waals surface area contributed by atoms with Gasteiger partial charge in [-0.3, -0.25) is 4.98 Å². The maximum absolute atomic E-state index is 14.7. The molecule has 0 saturated carbocycles. The van der Waals surface area contributed by atoms with Crippen molar-refractivity contribution in [1.82, 2.24) is 4.98 Å². The van der Waals surface area contributed by atoms with Gasteiger partial charge < -0.3 is 9.47 Å². The van der Waals surface area contributed by atoms with Gasteiger partial charge in [-0.25, -0.2) is 9.18 Å². The van der Waals surface area contributed by atoms with Crippen LogP contribution in [0.3, 0.4) is 0 Å². The van der Waals surface area contributed by atoms with Crippen LogP contribution in [-0.4, -0.2) is 23.7 Å². The number of carbonyl (C=O) groups is 1. The lowest BCUT2D eigenvalue weighted by Crippen LogP contribution is -2.29. The van der Waals surface area contributed by atoms with Crippen LogP contribution in [0.25, 0.3) is 22.0 Å². The first-order chi connectivity index (χ1) is 14.0. The number of hydrogen-bond acceptors (Lipinski definition) is 4. The van der Waals surface area contributed by atoms with Gasteiger partial charge in [0.15, 0.2) is 11.9 Å². The molecule has 158 valence electrons. The van der Waals surface area contributed by atoms with E-state index >= 15 is 0 Å². The Morgan fingerprint density at radius 2 is 1.87 bits per heavy atom. The zero-order chi connectivity index (χ0) is 22.2. The third kappa shape index (κ3) is 4.36. The summed E-state index contributed by atoms with van der Waals surface area (Å²) in [6.07, 6.45) is -1.06. The zero-order valence-corrected chi connectivity index (χ0v) is 19.7. The molecule has 1 heterocycles. The number of rotatable bonds is 4. The van der Waals surface area contributed by atoms with Crippen molar-refractivity contribution in [3.05, 3.63) is 63.0 Å². The Hall–Kier alpha value is -2.02. The van der Waals surface area contributed by atoms with E-state index in [4.69, 9.17) is 21.1 Å². The van der Waals surface area contributed by atoms with Crippen LogP contribution in [0.5, 0.6) is 0 Å². The van der Waals surface area contributed by atoms with Gasteiger partial charge in [-0.1, -0.05) is 35.9 Å². The lowest BCUT2D eigenvalue weighted by atomic mass is 9.91. The number of pyridine rings is 1. The average molecular weight is 495 g/mol. The highest BCUT2D eigenvalue weighted by molar-refractivity contribution is 9.10. The summed E-state index contributed by atoms with van der Waals surface area (Å²) in [6, 6.07) is 10.7. The van der Waals surface area contributed by atoms with Crippen molar-refractivity contribution in [1.29, 1.82) is 0 Å². The van der Waals surface area contributed by atoms with Gasteiger partial charge in [0.25, 0.3) is 0 Å². The predicted molar refractivity (Wildman–Crippen MR) is 120 cm³/mol. The van der Waals surface area contributed by atoms with E-state index in [0.29, 0.717) is 27.9 Å². The molecular weight excluding hydrogens is 473 g/mol. The van der Waals surface area contributed by atoms with Crippen LogP contribution in [0, 0.1) is 12.7 Å². The summed E-state index contributed by atoms with van der Waals surface area (Å²) in [6.45, 7) is 7.33. The summed E-state index contributed by atoms with van der Waals surface area (Å²) >= 11 is 9.59. The molecule has 2 aromatic carbocycles. The van der Waals surface area contributed by atoms with E-state index in [2.05, 4.69) is 20.9 Å². The van der Waals surface area contributed by atoms with Gasteiger partial charge in [0.2, 0.25) is 0 Å². The quantitative estimate of drug-likeness (QED) is 0.296. The molecule has 1 aromatic heterocycles. The van der Waals surface area contributed by atoms with Crippen molar-refractivity contribution < 1.29 is 18.7 Å². The second-order valence-corrected chi connectivity index (χ2v) is 9.09. The lowest BCUT2D eigenvalue weighted by Gasteiger charge is -2.29. The summed E-state index contributed by atoms with van der Waals surface area (Å²) in [5.41, 5.74) is 2.16. The highest BCUT2D eigenvalue weighted by Gasteiger charge is 2.33. The Labute approximate surface area is 188 Å². The molecule has 0 bridgehead atoms. The van der Waals surface area contributed by atoms with E-state index in [1.807, 2.05) is 45.0 Å². The van der Waals surface area contributed by atoms with Crippen molar-refractivity contribution in [2.75, 3.05) is 7.11 Å². The first-order valence-electron chi connectivity index (χ1n) is 9.34. The predicted octanol–water partition coefficient (Wildman–Crippen LogP) is 6.79. The minimum absolute atomic E-state index is 0.0549. The van der Waals surface area contributed by atoms with Gasteiger partial charge >= 0.3 is 5.97 Å². The molecule has 0 amide bonds. The van der Waals surface area contributed by atoms with Crippen LogP contribution in [0.1, 0.15) is 38.1 Å². The maximum atomic E-state index is 14.7. The van der Waals surface area contributed by atoms with Crippen LogP contribution in [-0.2, 0) is 14.3 Å². The topological polar surface area (TPSA) is 48.4 Å². The van der Waals surface area contributed by atoms with Gasteiger partial charge in [0, 0.05) is 27.8 Å². The molecule has 0 aliphatic carbocycles. The Morgan fingerprint density at radius 1 is 1.20 bits per heavy atom. The van der Waals surface area contributed by atoms with Crippen molar-refractivity contribution in [3.8, 4) is 11.1 Å². The Morgan fingerprint density at radius 3 is 2.50 bits per heavy atom. The number of ether oxygens (including phenoxy) is 2. The summed E-state index contributed by atoms with van der Waals surface area (Å²) in [5.74, 6) is -1.15. The fraction of sp³-hybridized carbons (Fsp3) is 0.304. The number of methoxy groups -OCH3 is 1. The minimum Gasteiger partial charge on any atom is -0.467 e. The molecule has 0 unspecified atom stereocenters. The highest BCUT2D eigenvalue weighted by atomic mass is 79.9. The summed E-state index contributed by atoms with van der Waals surface area (Å²) < 4.78 is 26.1. The molecule has 7 heteroatoms. The Bertz CT molecular complexity index is 1130. The Kier molecular flexibility index (Phi) is 6.51. The largest absolute Gasteiger partial charge is 0.467 e. The molecule has 0 N–H and O–H groups in total. The lowest BCUT2D eigenvalue weighted by molar-refractivity contribution is -0.164. The zero-order valence-electron chi connectivity index (χ0n) is 17.3. The number of carbonyl (C=O) groups excluding carboxylic acids is 1. The van der Waals surface area contributed by atoms with Crippen LogP contribution >= 0.6 is 27.5 Å². The van der Waals surface area contributed by atoms with Crippen LogP contribution in [0.15, 0.2) is 40.9 Å². The van der Waals surface area contributed by atoms with E-state index in [-0.39, 0.29) is 9.50 Å². The van der Waals surface area contributed by atoms with Crippen molar-refractivity contribution in [2.45, 2.75) is 39.4 Å². The first kappa shape index (κ1) is 22.7. The molecule has 30 heavy (non-hydrogen) atoms. The number of nitrogens with zero attached hydrogens (tertiary/aromatic N) is 1. The number of hydrogen-bond donors (Lipinski definition) is 0. The molecule has 0 fully saturated rings. The number of aryl methyl sites for hydroxylation is 1. The SMILES string of the molecule is COC(=O)[C@@H](OC(C)(C)C)c1c(C)nc2ccccc2c1-c1ccc(Br)c(F)c1Cl. The van der Waals surface area contributed by atoms with E-state index in [0.717, 1.165) is 5.39 Å². The molecule has 0 aliphatic heterocycles. The molecule has 1 atom stereocenters. The average Bonchev–Trinajstić information content (AvgIpc) is 2.69. The number of halogens is 3. The van der Waals surface area contributed by atoms with Crippen molar-refractivity contribution in [2.24, 2.45) is 0 Å². The first-order valence-corrected chi connectivity index (χ1v) is 10.5. The number of esters is 1. The van der Waals surface area contributed by atoms with E-state index in [1.165, 1.54) is 7.11 Å². The number of benzene rings is 2. The molecule has 0 spiro atoms. The number of aromatic nitrogens is 1. The number of para-hydroxylation sites is 1. The molecule has 0 saturated heterocycles.